The lowest BCUT2D eigenvalue weighted by Crippen LogP contribution is -2.51. The third-order valence-corrected chi connectivity index (χ3v) is 4.16. The summed E-state index contributed by atoms with van der Waals surface area (Å²) in [5.74, 6) is -1.21. The van der Waals surface area contributed by atoms with E-state index in [0.717, 1.165) is 19.4 Å². The second-order valence-corrected chi connectivity index (χ2v) is 7.29. The van der Waals surface area contributed by atoms with Crippen LogP contribution >= 0.6 is 0 Å². The molecule has 6 nitrogen and oxygen atoms in total. The van der Waals surface area contributed by atoms with E-state index in [0.29, 0.717) is 12.5 Å². The van der Waals surface area contributed by atoms with Crippen molar-refractivity contribution in [3.63, 3.8) is 0 Å². The molecule has 0 radical (unpaired) electrons. The van der Waals surface area contributed by atoms with Gasteiger partial charge in [-0.05, 0) is 24.2 Å². The van der Waals surface area contributed by atoms with Crippen molar-refractivity contribution in [3.8, 4) is 0 Å². The number of nitrogens with one attached hydrogen (secondary N) is 1. The van der Waals surface area contributed by atoms with Crippen molar-refractivity contribution in [2.24, 2.45) is 17.3 Å². The van der Waals surface area contributed by atoms with Crippen LogP contribution in [0, 0.1) is 17.3 Å². The van der Waals surface area contributed by atoms with Gasteiger partial charge in [0.2, 0.25) is 11.8 Å². The monoisotopic (exact) mass is 296 g/mol. The Kier molecular flexibility index (Phi) is 4.25. The average Bonchev–Trinajstić information content (AvgIpc) is 3.08. The minimum Gasteiger partial charge on any atom is -0.480 e. The van der Waals surface area contributed by atoms with E-state index in [1.54, 1.807) is 25.7 Å². The Balaban J connectivity index is 1.93. The number of carboxylic acids is 1. The van der Waals surface area contributed by atoms with Crippen molar-refractivity contribution in [2.45, 2.75) is 46.1 Å². The SMILES string of the molecule is CC(C)(C)[C@@H](NC(=O)C1CC(=O)N(CC2CC2)C1)C(=O)O. The lowest BCUT2D eigenvalue weighted by Gasteiger charge is -2.28. The number of hydrogen-bond acceptors (Lipinski definition) is 3. The van der Waals surface area contributed by atoms with Crippen LogP contribution in [0.15, 0.2) is 0 Å². The summed E-state index contributed by atoms with van der Waals surface area (Å²) in [5.41, 5.74) is -0.572. The third-order valence-electron chi connectivity index (χ3n) is 4.16. The number of hydrogen-bond donors (Lipinski definition) is 2. The van der Waals surface area contributed by atoms with Gasteiger partial charge in [0.15, 0.2) is 0 Å². The highest BCUT2D eigenvalue weighted by Gasteiger charge is 2.40. The largest absolute Gasteiger partial charge is 0.480 e. The molecule has 1 aliphatic carbocycles. The number of amides is 2. The molecular formula is C15H24N2O4. The van der Waals surface area contributed by atoms with Crippen LogP contribution < -0.4 is 5.32 Å². The lowest BCUT2D eigenvalue weighted by atomic mass is 9.86. The van der Waals surface area contributed by atoms with E-state index in [1.807, 2.05) is 0 Å². The van der Waals surface area contributed by atoms with E-state index >= 15 is 0 Å². The summed E-state index contributed by atoms with van der Waals surface area (Å²) in [7, 11) is 0. The highest BCUT2D eigenvalue weighted by Crippen LogP contribution is 2.32. The highest BCUT2D eigenvalue weighted by atomic mass is 16.4. The fourth-order valence-electron chi connectivity index (χ4n) is 2.65. The number of aliphatic carboxylic acids is 1. The van der Waals surface area contributed by atoms with Gasteiger partial charge >= 0.3 is 5.97 Å². The van der Waals surface area contributed by atoms with E-state index in [1.165, 1.54) is 0 Å². The smallest absolute Gasteiger partial charge is 0.326 e. The number of nitrogens with zero attached hydrogens (tertiary/aromatic N) is 1. The minimum atomic E-state index is -1.05. The first-order valence-electron chi connectivity index (χ1n) is 7.49. The fourth-order valence-corrected chi connectivity index (χ4v) is 2.65. The molecule has 1 heterocycles. The van der Waals surface area contributed by atoms with E-state index in [-0.39, 0.29) is 18.2 Å². The molecule has 0 spiro atoms. The maximum Gasteiger partial charge on any atom is 0.326 e. The zero-order chi connectivity index (χ0) is 15.8. The second-order valence-electron chi connectivity index (χ2n) is 7.29. The zero-order valence-corrected chi connectivity index (χ0v) is 12.9. The van der Waals surface area contributed by atoms with Crippen molar-refractivity contribution < 1.29 is 19.5 Å². The Morgan fingerprint density at radius 3 is 2.48 bits per heavy atom. The van der Waals surface area contributed by atoms with Gasteiger partial charge in [0, 0.05) is 19.5 Å². The molecule has 2 rings (SSSR count). The van der Waals surface area contributed by atoms with Gasteiger partial charge in [-0.3, -0.25) is 9.59 Å². The summed E-state index contributed by atoms with van der Waals surface area (Å²) in [4.78, 5) is 37.2. The molecule has 2 N–H and O–H groups in total. The number of likely N-dealkylation sites (tertiary alicyclic amines) is 1. The van der Waals surface area contributed by atoms with E-state index in [4.69, 9.17) is 0 Å². The molecule has 118 valence electrons. The van der Waals surface area contributed by atoms with Crippen LogP contribution in [0.4, 0.5) is 0 Å². The number of carbonyl (C=O) groups is 3. The second kappa shape index (κ2) is 5.66. The van der Waals surface area contributed by atoms with Crippen LogP contribution in [0.5, 0.6) is 0 Å². The Morgan fingerprint density at radius 1 is 1.38 bits per heavy atom. The number of carbonyl (C=O) groups excluding carboxylic acids is 2. The van der Waals surface area contributed by atoms with Gasteiger partial charge < -0.3 is 15.3 Å². The first-order valence-corrected chi connectivity index (χ1v) is 7.49. The van der Waals surface area contributed by atoms with Gasteiger partial charge in [0.25, 0.3) is 0 Å². The quantitative estimate of drug-likeness (QED) is 0.788. The van der Waals surface area contributed by atoms with Gasteiger partial charge in [0.1, 0.15) is 6.04 Å². The summed E-state index contributed by atoms with van der Waals surface area (Å²) in [6.07, 6.45) is 2.51. The summed E-state index contributed by atoms with van der Waals surface area (Å²) in [6.45, 7) is 6.46. The van der Waals surface area contributed by atoms with E-state index in [9.17, 15) is 19.5 Å². The predicted octanol–water partition coefficient (Wildman–Crippen LogP) is 0.860. The van der Waals surface area contributed by atoms with Crippen LogP contribution in [0.2, 0.25) is 0 Å². The molecule has 2 atom stereocenters. The molecule has 1 saturated carbocycles. The van der Waals surface area contributed by atoms with Gasteiger partial charge in [-0.2, -0.15) is 0 Å². The first-order chi connectivity index (χ1) is 9.68. The molecule has 0 aromatic heterocycles. The van der Waals surface area contributed by atoms with Crippen molar-refractivity contribution in [1.82, 2.24) is 10.2 Å². The maximum atomic E-state index is 12.2. The molecule has 6 heteroatoms. The third kappa shape index (κ3) is 3.95. The molecule has 1 aliphatic heterocycles. The first kappa shape index (κ1) is 15.8. The van der Waals surface area contributed by atoms with Gasteiger partial charge in [-0.15, -0.1) is 0 Å². The maximum absolute atomic E-state index is 12.2. The van der Waals surface area contributed by atoms with Gasteiger partial charge in [-0.1, -0.05) is 20.8 Å². The molecule has 0 aromatic rings. The van der Waals surface area contributed by atoms with Crippen molar-refractivity contribution in [1.29, 1.82) is 0 Å². The standard InChI is InChI=1S/C15H24N2O4/c1-15(2,3)12(14(20)21)16-13(19)10-6-11(18)17(8-10)7-9-4-5-9/h9-10,12H,4-8H2,1-3H3,(H,16,19)(H,20,21)/t10?,12-/m0/s1. The minimum absolute atomic E-state index is 0.00434. The molecule has 2 fully saturated rings. The summed E-state index contributed by atoms with van der Waals surface area (Å²) in [5, 5.41) is 11.8. The summed E-state index contributed by atoms with van der Waals surface area (Å²) < 4.78 is 0. The van der Waals surface area contributed by atoms with Crippen LogP contribution in [-0.4, -0.2) is 46.9 Å². The molecule has 0 bridgehead atoms. The molecular weight excluding hydrogens is 272 g/mol. The molecule has 21 heavy (non-hydrogen) atoms. The van der Waals surface area contributed by atoms with Crippen LogP contribution in [0.25, 0.3) is 0 Å². The summed E-state index contributed by atoms with van der Waals surface area (Å²) >= 11 is 0. The topological polar surface area (TPSA) is 86.7 Å². The Hall–Kier alpha value is -1.59. The van der Waals surface area contributed by atoms with E-state index < -0.39 is 23.3 Å². The number of carboxylic acid groups (broad SMARTS) is 1. The molecule has 2 aliphatic rings. The Bertz CT molecular complexity index is 451. The normalized spacial score (nSPS) is 24.0. The average molecular weight is 296 g/mol. The molecule has 1 unspecified atom stereocenters. The molecule has 0 aromatic carbocycles. The predicted molar refractivity (Wildman–Crippen MR) is 76.4 cm³/mol. The number of rotatable bonds is 5. The van der Waals surface area contributed by atoms with Crippen LogP contribution in [0.1, 0.15) is 40.0 Å². The Morgan fingerprint density at radius 2 is 2.00 bits per heavy atom. The van der Waals surface area contributed by atoms with Crippen molar-refractivity contribution in [2.75, 3.05) is 13.1 Å². The van der Waals surface area contributed by atoms with Crippen LogP contribution in [0.3, 0.4) is 0 Å². The van der Waals surface area contributed by atoms with Gasteiger partial charge in [0.05, 0.1) is 5.92 Å². The fraction of sp³-hybridized carbons (Fsp3) is 0.800. The van der Waals surface area contributed by atoms with Crippen molar-refractivity contribution in [3.05, 3.63) is 0 Å². The van der Waals surface area contributed by atoms with Crippen LogP contribution in [-0.2, 0) is 14.4 Å². The molecule has 2 amide bonds. The summed E-state index contributed by atoms with van der Waals surface area (Å²) in [6, 6.07) is -0.947. The van der Waals surface area contributed by atoms with Gasteiger partial charge in [-0.25, -0.2) is 4.79 Å². The van der Waals surface area contributed by atoms with E-state index in [2.05, 4.69) is 5.32 Å². The molecule has 1 saturated heterocycles. The Labute approximate surface area is 124 Å². The lowest BCUT2D eigenvalue weighted by molar-refractivity contribution is -0.145. The highest BCUT2D eigenvalue weighted by molar-refractivity contribution is 5.91. The van der Waals surface area contributed by atoms with Crippen molar-refractivity contribution >= 4 is 17.8 Å². The zero-order valence-electron chi connectivity index (χ0n) is 12.9.